The molecule has 1 aliphatic carbocycles. The maximum atomic E-state index is 13.4. The first kappa shape index (κ1) is 27.1. The number of carbonyl (C=O) groups is 3. The van der Waals surface area contributed by atoms with Gasteiger partial charge in [0.15, 0.2) is 0 Å². The molecule has 1 aliphatic rings. The van der Waals surface area contributed by atoms with E-state index in [0.29, 0.717) is 5.56 Å². The first-order chi connectivity index (χ1) is 16.1. The molecule has 0 aromatic heterocycles. The van der Waals surface area contributed by atoms with Crippen molar-refractivity contribution in [3.8, 4) is 6.07 Å². The number of nitrogens with one attached hydrogen (secondary N) is 2. The number of benzene rings is 1. The van der Waals surface area contributed by atoms with Crippen molar-refractivity contribution >= 4 is 17.9 Å². The van der Waals surface area contributed by atoms with E-state index in [0.717, 1.165) is 42.6 Å². The van der Waals surface area contributed by atoms with Gasteiger partial charge in [-0.1, -0.05) is 49.1 Å². The molecule has 9 heteroatoms. The van der Waals surface area contributed by atoms with Crippen LogP contribution in [-0.2, 0) is 14.3 Å². The molecule has 1 aromatic rings. The highest BCUT2D eigenvalue weighted by Gasteiger charge is 2.36. The van der Waals surface area contributed by atoms with Crippen molar-refractivity contribution in [1.82, 2.24) is 15.5 Å². The largest absolute Gasteiger partial charge is 0.444 e. The minimum absolute atomic E-state index is 0.00163. The average molecular weight is 473 g/mol. The van der Waals surface area contributed by atoms with Gasteiger partial charge < -0.3 is 25.4 Å². The number of carbonyl (C=O) groups excluding carboxylic acids is 3. The molecule has 2 atom stereocenters. The van der Waals surface area contributed by atoms with Gasteiger partial charge in [0.25, 0.3) is 0 Å². The van der Waals surface area contributed by atoms with Crippen LogP contribution in [0.2, 0.25) is 0 Å². The molecule has 1 saturated carbocycles. The topological polar surface area (TPSA) is 132 Å². The molecule has 2 rings (SSSR count). The fraction of sp³-hybridized carbons (Fsp3) is 0.600. The Bertz CT molecular complexity index is 882. The summed E-state index contributed by atoms with van der Waals surface area (Å²) in [6.45, 7) is 5.81. The highest BCUT2D eigenvalue weighted by atomic mass is 16.6. The van der Waals surface area contributed by atoms with Crippen molar-refractivity contribution in [3.63, 3.8) is 0 Å². The number of amides is 3. The Morgan fingerprint density at radius 3 is 2.32 bits per heavy atom. The summed E-state index contributed by atoms with van der Waals surface area (Å²) in [6, 6.07) is 6.61. The maximum absolute atomic E-state index is 13.4. The second-order valence-corrected chi connectivity index (χ2v) is 9.66. The monoisotopic (exact) mass is 472 g/mol. The number of aryl methyl sites for hydroxylation is 1. The molecular formula is C25H36N4O5. The molecule has 1 fully saturated rings. The summed E-state index contributed by atoms with van der Waals surface area (Å²) < 4.78 is 5.19. The molecular weight excluding hydrogens is 436 g/mol. The van der Waals surface area contributed by atoms with Crippen LogP contribution < -0.4 is 10.6 Å². The molecule has 0 spiro atoms. The molecule has 9 nitrogen and oxygen atoms in total. The van der Waals surface area contributed by atoms with Crippen LogP contribution in [0.25, 0.3) is 0 Å². The molecule has 186 valence electrons. The van der Waals surface area contributed by atoms with E-state index in [1.807, 2.05) is 25.1 Å². The third kappa shape index (κ3) is 8.03. The van der Waals surface area contributed by atoms with Crippen LogP contribution in [0.1, 0.15) is 70.0 Å². The van der Waals surface area contributed by atoms with E-state index in [1.54, 1.807) is 32.9 Å². The highest BCUT2D eigenvalue weighted by molar-refractivity contribution is 5.92. The molecule has 0 aliphatic heterocycles. The predicted octanol–water partition coefficient (Wildman–Crippen LogP) is 2.72. The summed E-state index contributed by atoms with van der Waals surface area (Å²) in [5, 5.41) is 24.7. The van der Waals surface area contributed by atoms with Gasteiger partial charge >= 0.3 is 6.09 Å². The molecule has 34 heavy (non-hydrogen) atoms. The second kappa shape index (κ2) is 12.4. The van der Waals surface area contributed by atoms with E-state index < -0.39 is 48.7 Å². The van der Waals surface area contributed by atoms with Crippen molar-refractivity contribution in [1.29, 1.82) is 5.26 Å². The molecule has 3 N–H and O–H groups in total. The number of hydrogen-bond acceptors (Lipinski definition) is 6. The van der Waals surface area contributed by atoms with E-state index in [9.17, 15) is 24.8 Å². The lowest BCUT2D eigenvalue weighted by Gasteiger charge is -2.34. The molecule has 1 aromatic carbocycles. The van der Waals surface area contributed by atoms with Crippen LogP contribution in [0.15, 0.2) is 24.3 Å². The van der Waals surface area contributed by atoms with E-state index >= 15 is 0 Å². The van der Waals surface area contributed by atoms with Crippen molar-refractivity contribution < 1.29 is 24.2 Å². The van der Waals surface area contributed by atoms with Crippen LogP contribution in [0.3, 0.4) is 0 Å². The third-order valence-electron chi connectivity index (χ3n) is 5.60. The number of ether oxygens (including phenoxy) is 1. The number of nitrogens with zero attached hydrogens (tertiary/aromatic N) is 2. The summed E-state index contributed by atoms with van der Waals surface area (Å²) in [5.41, 5.74) is 0.716. The summed E-state index contributed by atoms with van der Waals surface area (Å²) in [7, 11) is 0. The SMILES string of the molecule is Cc1ccc(C(C(=O)NC2CCCCC2)N(CC#N)C(=O)C(CO)NC(=O)OC(C)(C)C)cc1. The Labute approximate surface area is 201 Å². The lowest BCUT2D eigenvalue weighted by Crippen LogP contribution is -2.55. The van der Waals surface area contributed by atoms with Crippen molar-refractivity contribution in [2.45, 2.75) is 83.5 Å². The van der Waals surface area contributed by atoms with Gasteiger partial charge in [-0.2, -0.15) is 5.26 Å². The lowest BCUT2D eigenvalue weighted by molar-refractivity contribution is -0.142. The number of aliphatic hydroxyl groups excluding tert-OH is 1. The summed E-state index contributed by atoms with van der Waals surface area (Å²) >= 11 is 0. The number of hydrogen-bond donors (Lipinski definition) is 3. The first-order valence-corrected chi connectivity index (χ1v) is 11.7. The van der Waals surface area contributed by atoms with Crippen LogP contribution >= 0.6 is 0 Å². The van der Waals surface area contributed by atoms with E-state index in [4.69, 9.17) is 4.74 Å². The van der Waals surface area contributed by atoms with Gasteiger partial charge in [-0.15, -0.1) is 0 Å². The molecule has 3 amide bonds. The normalized spacial score (nSPS) is 16.0. The molecule has 0 saturated heterocycles. The Hall–Kier alpha value is -3.12. The van der Waals surface area contributed by atoms with Crippen molar-refractivity contribution in [2.75, 3.05) is 13.2 Å². The van der Waals surface area contributed by atoms with Gasteiger partial charge in [0.1, 0.15) is 24.2 Å². The Morgan fingerprint density at radius 2 is 1.79 bits per heavy atom. The van der Waals surface area contributed by atoms with Crippen molar-refractivity contribution in [3.05, 3.63) is 35.4 Å². The minimum Gasteiger partial charge on any atom is -0.444 e. The third-order valence-corrected chi connectivity index (χ3v) is 5.60. The predicted molar refractivity (Wildman–Crippen MR) is 127 cm³/mol. The quantitative estimate of drug-likeness (QED) is 0.499. The van der Waals surface area contributed by atoms with Crippen molar-refractivity contribution in [2.24, 2.45) is 0 Å². The van der Waals surface area contributed by atoms with Crippen LogP contribution in [0.4, 0.5) is 4.79 Å². The molecule has 0 heterocycles. The smallest absolute Gasteiger partial charge is 0.408 e. The Balaban J connectivity index is 2.34. The minimum atomic E-state index is -1.38. The molecule has 2 unspecified atom stereocenters. The van der Waals surface area contributed by atoms with Gasteiger partial charge in [-0.3, -0.25) is 9.59 Å². The lowest BCUT2D eigenvalue weighted by atomic mass is 9.94. The Kier molecular flexibility index (Phi) is 9.87. The second-order valence-electron chi connectivity index (χ2n) is 9.66. The maximum Gasteiger partial charge on any atom is 0.408 e. The number of nitriles is 1. The average Bonchev–Trinajstić information content (AvgIpc) is 2.77. The van der Waals surface area contributed by atoms with Gasteiger partial charge in [0, 0.05) is 6.04 Å². The number of aliphatic hydroxyl groups is 1. The van der Waals surface area contributed by atoms with Gasteiger partial charge in [-0.05, 0) is 46.1 Å². The zero-order valence-corrected chi connectivity index (χ0v) is 20.5. The zero-order valence-electron chi connectivity index (χ0n) is 20.5. The summed E-state index contributed by atoms with van der Waals surface area (Å²) in [4.78, 5) is 40.2. The van der Waals surface area contributed by atoms with Gasteiger partial charge in [0.2, 0.25) is 11.8 Å². The standard InChI is InChI=1S/C25H36N4O5/c1-17-10-12-18(13-11-17)21(22(31)27-19-8-6-5-7-9-19)29(15-14-26)23(32)20(16-30)28-24(33)34-25(2,3)4/h10-13,19-21,30H,5-9,15-16H2,1-4H3,(H,27,31)(H,28,33). The van der Waals surface area contributed by atoms with E-state index in [-0.39, 0.29) is 6.04 Å². The number of rotatable bonds is 8. The molecule has 0 bridgehead atoms. The molecule has 0 radical (unpaired) electrons. The summed E-state index contributed by atoms with van der Waals surface area (Å²) in [5.74, 6) is -1.15. The highest BCUT2D eigenvalue weighted by Crippen LogP contribution is 2.25. The fourth-order valence-electron chi connectivity index (χ4n) is 3.96. The van der Waals surface area contributed by atoms with Gasteiger partial charge in [-0.25, -0.2) is 4.79 Å². The van der Waals surface area contributed by atoms with Crippen LogP contribution in [0, 0.1) is 18.3 Å². The van der Waals surface area contributed by atoms with Gasteiger partial charge in [0.05, 0.1) is 12.7 Å². The van der Waals surface area contributed by atoms with E-state index in [1.165, 1.54) is 0 Å². The summed E-state index contributed by atoms with van der Waals surface area (Å²) in [6.07, 6.45) is 4.01. The van der Waals surface area contributed by atoms with E-state index in [2.05, 4.69) is 10.6 Å². The fourth-order valence-corrected chi connectivity index (χ4v) is 3.96. The Morgan fingerprint density at radius 1 is 1.18 bits per heavy atom. The van der Waals surface area contributed by atoms with Crippen LogP contribution in [0.5, 0.6) is 0 Å². The zero-order chi connectivity index (χ0) is 25.3. The number of alkyl carbamates (subject to hydrolysis) is 1. The van der Waals surface area contributed by atoms with Crippen LogP contribution in [-0.4, -0.2) is 58.8 Å². The first-order valence-electron chi connectivity index (χ1n) is 11.7.